The fraction of sp³-hybridized carbons (Fsp3) is 0.478. The molecule has 2 nitrogen and oxygen atoms in total. The van der Waals surface area contributed by atoms with Crippen molar-refractivity contribution in [2.24, 2.45) is 5.92 Å². The summed E-state index contributed by atoms with van der Waals surface area (Å²) in [6, 6.07) is 9.28. The van der Waals surface area contributed by atoms with Gasteiger partial charge in [0.25, 0.3) is 0 Å². The zero-order valence-corrected chi connectivity index (χ0v) is 16.4. The Morgan fingerprint density at radius 3 is 1.36 bits per heavy atom. The molecular weight excluding hydrogens is 304 g/mol. The highest BCUT2D eigenvalue weighted by Crippen LogP contribution is 2.48. The number of anilines is 2. The van der Waals surface area contributed by atoms with Crippen LogP contribution in [0.2, 0.25) is 0 Å². The maximum Gasteiger partial charge on any atom is 0.0373 e. The Bertz CT molecular complexity index is 690. The van der Waals surface area contributed by atoms with Gasteiger partial charge in [-0.3, -0.25) is 0 Å². The van der Waals surface area contributed by atoms with Crippen LogP contribution in [-0.4, -0.2) is 0 Å². The Morgan fingerprint density at radius 2 is 1.04 bits per heavy atom. The molecule has 0 spiro atoms. The first-order valence-corrected chi connectivity index (χ1v) is 9.49. The molecule has 0 aliphatic heterocycles. The van der Waals surface area contributed by atoms with Crippen LogP contribution in [0.1, 0.15) is 66.0 Å². The van der Waals surface area contributed by atoms with Gasteiger partial charge >= 0.3 is 0 Å². The molecule has 0 radical (unpaired) electrons. The minimum absolute atomic E-state index is 0.0823. The van der Waals surface area contributed by atoms with Crippen molar-refractivity contribution in [2.75, 3.05) is 11.5 Å². The van der Waals surface area contributed by atoms with Crippen LogP contribution in [0, 0.1) is 33.6 Å². The third-order valence-electron chi connectivity index (χ3n) is 6.42. The SMILES string of the molecule is Cc1cc(C2(c3cc(C)c(N)c(C)c3)CCC(C)CC2)cc(C)c1N. The van der Waals surface area contributed by atoms with Crippen molar-refractivity contribution >= 4 is 11.4 Å². The molecule has 0 bridgehead atoms. The number of aryl methyl sites for hydroxylation is 4. The highest BCUT2D eigenvalue weighted by Gasteiger charge is 2.38. The summed E-state index contributed by atoms with van der Waals surface area (Å²) in [6.07, 6.45) is 4.93. The van der Waals surface area contributed by atoms with Gasteiger partial charge < -0.3 is 11.5 Å². The minimum atomic E-state index is 0.0823. The number of nitrogen functional groups attached to an aromatic ring is 2. The van der Waals surface area contributed by atoms with Crippen LogP contribution >= 0.6 is 0 Å². The Hall–Kier alpha value is -1.96. The molecule has 2 aromatic carbocycles. The van der Waals surface area contributed by atoms with Crippen molar-refractivity contribution in [3.63, 3.8) is 0 Å². The van der Waals surface area contributed by atoms with E-state index in [4.69, 9.17) is 11.5 Å². The van der Waals surface area contributed by atoms with Crippen molar-refractivity contribution in [3.8, 4) is 0 Å². The Balaban J connectivity index is 2.22. The van der Waals surface area contributed by atoms with E-state index in [2.05, 4.69) is 58.9 Å². The van der Waals surface area contributed by atoms with Crippen LogP contribution in [0.25, 0.3) is 0 Å². The van der Waals surface area contributed by atoms with Gasteiger partial charge in [-0.1, -0.05) is 31.2 Å². The summed E-state index contributed by atoms with van der Waals surface area (Å²) in [5, 5.41) is 0. The van der Waals surface area contributed by atoms with Crippen LogP contribution in [0.15, 0.2) is 24.3 Å². The van der Waals surface area contributed by atoms with Crippen molar-refractivity contribution in [2.45, 2.75) is 65.7 Å². The van der Waals surface area contributed by atoms with Crippen LogP contribution < -0.4 is 11.5 Å². The lowest BCUT2D eigenvalue weighted by Gasteiger charge is -2.41. The highest BCUT2D eigenvalue weighted by atomic mass is 14.6. The second-order valence-corrected chi connectivity index (χ2v) is 8.31. The standard InChI is InChI=1S/C23H32N2/c1-14-6-8-23(9-7-14,19-10-15(2)21(24)16(3)11-19)20-12-17(4)22(25)18(5)13-20/h10-14H,6-9,24-25H2,1-5H3. The highest BCUT2D eigenvalue weighted by molar-refractivity contribution is 5.60. The van der Waals surface area contributed by atoms with Gasteiger partial charge in [0.05, 0.1) is 0 Å². The molecular formula is C23H32N2. The lowest BCUT2D eigenvalue weighted by Crippen LogP contribution is -2.33. The first-order chi connectivity index (χ1) is 11.7. The van der Waals surface area contributed by atoms with Gasteiger partial charge in [-0.2, -0.15) is 0 Å². The number of rotatable bonds is 2. The van der Waals surface area contributed by atoms with E-state index < -0.39 is 0 Å². The number of nitrogens with two attached hydrogens (primary N) is 2. The van der Waals surface area contributed by atoms with Crippen molar-refractivity contribution in [1.29, 1.82) is 0 Å². The largest absolute Gasteiger partial charge is 0.398 e. The van der Waals surface area contributed by atoms with Crippen molar-refractivity contribution in [1.82, 2.24) is 0 Å². The molecule has 1 saturated carbocycles. The molecule has 1 aliphatic rings. The smallest absolute Gasteiger partial charge is 0.0373 e. The van der Waals surface area contributed by atoms with Crippen molar-refractivity contribution in [3.05, 3.63) is 57.6 Å². The summed E-state index contributed by atoms with van der Waals surface area (Å²) in [5.74, 6) is 0.806. The Labute approximate surface area is 152 Å². The molecule has 1 fully saturated rings. The number of benzene rings is 2. The van der Waals surface area contributed by atoms with E-state index in [1.54, 1.807) is 0 Å². The average Bonchev–Trinajstić information content (AvgIpc) is 2.57. The van der Waals surface area contributed by atoms with Gasteiger partial charge in [0, 0.05) is 16.8 Å². The fourth-order valence-electron chi connectivity index (χ4n) is 4.50. The van der Waals surface area contributed by atoms with E-state index in [0.29, 0.717) is 0 Å². The molecule has 1 aliphatic carbocycles. The van der Waals surface area contributed by atoms with E-state index in [9.17, 15) is 0 Å². The predicted octanol–water partition coefficient (Wildman–Crippen LogP) is 5.58. The minimum Gasteiger partial charge on any atom is -0.398 e. The first-order valence-electron chi connectivity index (χ1n) is 9.49. The molecule has 134 valence electrons. The molecule has 2 aromatic rings. The van der Waals surface area contributed by atoms with E-state index >= 15 is 0 Å². The van der Waals surface area contributed by atoms with E-state index in [1.807, 2.05) is 0 Å². The van der Waals surface area contributed by atoms with Crippen LogP contribution in [-0.2, 0) is 5.41 Å². The third kappa shape index (κ3) is 3.03. The average molecular weight is 337 g/mol. The fourth-order valence-corrected chi connectivity index (χ4v) is 4.50. The van der Waals surface area contributed by atoms with E-state index in [-0.39, 0.29) is 5.41 Å². The summed E-state index contributed by atoms with van der Waals surface area (Å²) in [6.45, 7) is 10.9. The zero-order valence-electron chi connectivity index (χ0n) is 16.4. The first kappa shape index (κ1) is 17.8. The monoisotopic (exact) mass is 336 g/mol. The topological polar surface area (TPSA) is 52.0 Å². The van der Waals surface area contributed by atoms with Crippen LogP contribution in [0.4, 0.5) is 11.4 Å². The molecule has 0 aromatic heterocycles. The summed E-state index contributed by atoms with van der Waals surface area (Å²) in [7, 11) is 0. The molecule has 2 heteroatoms. The molecule has 25 heavy (non-hydrogen) atoms. The molecule has 0 heterocycles. The second-order valence-electron chi connectivity index (χ2n) is 8.31. The quantitative estimate of drug-likeness (QED) is 0.703. The number of hydrogen-bond donors (Lipinski definition) is 2. The summed E-state index contributed by atoms with van der Waals surface area (Å²) in [5.41, 5.74) is 22.0. The van der Waals surface area contributed by atoms with E-state index in [0.717, 1.165) is 17.3 Å². The summed E-state index contributed by atoms with van der Waals surface area (Å²) in [4.78, 5) is 0. The lowest BCUT2D eigenvalue weighted by molar-refractivity contribution is 0.280. The van der Waals surface area contributed by atoms with Gasteiger partial charge in [0.15, 0.2) is 0 Å². The predicted molar refractivity (Wildman–Crippen MR) is 109 cm³/mol. The number of hydrogen-bond acceptors (Lipinski definition) is 2. The normalized spacial score (nSPS) is 17.6. The van der Waals surface area contributed by atoms with Gasteiger partial charge in [0.1, 0.15) is 0 Å². The molecule has 0 unspecified atom stereocenters. The van der Waals surface area contributed by atoms with Crippen LogP contribution in [0.3, 0.4) is 0 Å². The molecule has 0 saturated heterocycles. The lowest BCUT2D eigenvalue weighted by atomic mass is 9.62. The third-order valence-corrected chi connectivity index (χ3v) is 6.42. The van der Waals surface area contributed by atoms with Gasteiger partial charge in [-0.05, 0) is 92.7 Å². The van der Waals surface area contributed by atoms with E-state index in [1.165, 1.54) is 59.1 Å². The van der Waals surface area contributed by atoms with Crippen molar-refractivity contribution < 1.29 is 0 Å². The second kappa shape index (κ2) is 6.40. The van der Waals surface area contributed by atoms with Gasteiger partial charge in [-0.25, -0.2) is 0 Å². The maximum atomic E-state index is 6.24. The molecule has 3 rings (SSSR count). The Morgan fingerprint density at radius 1 is 0.720 bits per heavy atom. The summed E-state index contributed by atoms with van der Waals surface area (Å²) >= 11 is 0. The van der Waals surface area contributed by atoms with Gasteiger partial charge in [-0.15, -0.1) is 0 Å². The zero-order chi connectivity index (χ0) is 18.4. The van der Waals surface area contributed by atoms with Gasteiger partial charge in [0.2, 0.25) is 0 Å². The molecule has 4 N–H and O–H groups in total. The maximum absolute atomic E-state index is 6.24. The van der Waals surface area contributed by atoms with Crippen LogP contribution in [0.5, 0.6) is 0 Å². The molecule has 0 amide bonds. The summed E-state index contributed by atoms with van der Waals surface area (Å²) < 4.78 is 0. The molecule has 0 atom stereocenters. The Kier molecular flexibility index (Phi) is 4.57.